The molecule has 0 aliphatic carbocycles. The lowest BCUT2D eigenvalue weighted by Gasteiger charge is -2.15. The van der Waals surface area contributed by atoms with E-state index in [-0.39, 0.29) is 31.2 Å². The molecule has 2 N–H and O–H groups in total. The van der Waals surface area contributed by atoms with Gasteiger partial charge in [0, 0.05) is 13.0 Å². The van der Waals surface area contributed by atoms with E-state index in [1.54, 1.807) is 30.4 Å². The van der Waals surface area contributed by atoms with Crippen LogP contribution in [0.5, 0.6) is 5.75 Å². The second-order valence-electron chi connectivity index (χ2n) is 6.30. The number of hydrogen-bond donors (Lipinski definition) is 2. The predicted octanol–water partition coefficient (Wildman–Crippen LogP) is 5.14. The van der Waals surface area contributed by atoms with Crippen molar-refractivity contribution < 1.29 is 27.8 Å². The average molecular weight is 417 g/mol. The van der Waals surface area contributed by atoms with Crippen LogP contribution in [0.25, 0.3) is 17.2 Å². The van der Waals surface area contributed by atoms with Crippen LogP contribution in [0.2, 0.25) is 0 Å². The number of aliphatic hydroxyl groups excluding tert-OH is 1. The van der Waals surface area contributed by atoms with Crippen molar-refractivity contribution in [3.05, 3.63) is 84.5 Å². The minimum Gasteiger partial charge on any atom is -0.406 e. The van der Waals surface area contributed by atoms with Crippen LogP contribution in [-0.2, 0) is 17.9 Å². The lowest BCUT2D eigenvalue weighted by molar-refractivity contribution is -0.274. The van der Waals surface area contributed by atoms with Gasteiger partial charge >= 0.3 is 6.36 Å². The van der Waals surface area contributed by atoms with Crippen molar-refractivity contribution in [2.45, 2.75) is 25.9 Å². The van der Waals surface area contributed by atoms with Gasteiger partial charge in [0.1, 0.15) is 5.75 Å². The topological polar surface area (TPSA) is 58.6 Å². The maximum Gasteiger partial charge on any atom is 0.573 e. The van der Waals surface area contributed by atoms with Crippen LogP contribution >= 0.6 is 0 Å². The number of benzene rings is 2. The Kier molecular flexibility index (Phi) is 8.00. The number of ether oxygens (including phenoxy) is 1. The molecule has 0 unspecified atom stereocenters. The number of nitrogens with one attached hydrogen (secondary N) is 1. The minimum atomic E-state index is -4.76. The monoisotopic (exact) mass is 417 g/mol. The summed E-state index contributed by atoms with van der Waals surface area (Å²) in [5.41, 5.74) is 3.39. The van der Waals surface area contributed by atoms with E-state index in [2.05, 4.69) is 23.2 Å². The Morgan fingerprint density at radius 2 is 1.83 bits per heavy atom. The maximum atomic E-state index is 12.4. The number of alkyl halides is 3. The summed E-state index contributed by atoms with van der Waals surface area (Å²) >= 11 is 0. The highest BCUT2D eigenvalue weighted by Gasteiger charge is 2.31. The highest BCUT2D eigenvalue weighted by molar-refractivity contribution is 5.78. The zero-order valence-corrected chi connectivity index (χ0v) is 16.2. The number of carbonyl (C=O) groups is 1. The molecular formula is C23H22F3NO3. The number of aliphatic hydroxyl groups is 1. The van der Waals surface area contributed by atoms with Gasteiger partial charge in [-0.25, -0.2) is 0 Å². The highest BCUT2D eigenvalue weighted by atomic mass is 19.4. The van der Waals surface area contributed by atoms with Crippen molar-refractivity contribution in [1.29, 1.82) is 0 Å². The summed E-state index contributed by atoms with van der Waals surface area (Å²) in [6.45, 7) is 7.09. The van der Waals surface area contributed by atoms with Crippen LogP contribution < -0.4 is 10.1 Å². The van der Waals surface area contributed by atoms with Crippen molar-refractivity contribution in [2.24, 2.45) is 0 Å². The summed E-state index contributed by atoms with van der Waals surface area (Å²) in [5, 5.41) is 12.6. The van der Waals surface area contributed by atoms with Gasteiger partial charge < -0.3 is 15.2 Å². The number of rotatable bonds is 9. The van der Waals surface area contributed by atoms with E-state index in [1.807, 2.05) is 0 Å². The molecule has 7 heteroatoms. The summed E-state index contributed by atoms with van der Waals surface area (Å²) in [7, 11) is 0. The molecule has 30 heavy (non-hydrogen) atoms. The molecule has 0 spiro atoms. The van der Waals surface area contributed by atoms with E-state index in [9.17, 15) is 23.1 Å². The standard InChI is InChI=1S/C23H22F3NO3/c1-3-5-7-17-12-18(16-8-10-20(11-9-16)30-23(24,25)26)13-19(21(17)15-28)14-27-22(29)6-4-2/h3-5,7-13,28H,1-2,6,14-15H2,(H,27,29)/b7-5-. The van der Waals surface area contributed by atoms with Crippen molar-refractivity contribution in [3.63, 3.8) is 0 Å². The summed E-state index contributed by atoms with van der Waals surface area (Å²) in [6, 6.07) is 9.07. The molecule has 0 fully saturated rings. The van der Waals surface area contributed by atoms with Crippen molar-refractivity contribution in [3.8, 4) is 16.9 Å². The first-order valence-corrected chi connectivity index (χ1v) is 9.07. The lowest BCUT2D eigenvalue weighted by Crippen LogP contribution is -2.22. The maximum absolute atomic E-state index is 12.4. The van der Waals surface area contributed by atoms with E-state index in [1.165, 1.54) is 30.3 Å². The third-order valence-corrected chi connectivity index (χ3v) is 4.17. The zero-order chi connectivity index (χ0) is 22.1. The van der Waals surface area contributed by atoms with E-state index < -0.39 is 6.36 Å². The average Bonchev–Trinajstić information content (AvgIpc) is 2.69. The van der Waals surface area contributed by atoms with E-state index in [4.69, 9.17) is 0 Å². The largest absolute Gasteiger partial charge is 0.573 e. The van der Waals surface area contributed by atoms with Gasteiger partial charge in [0.05, 0.1) is 6.61 Å². The van der Waals surface area contributed by atoms with Gasteiger partial charge in [0.15, 0.2) is 0 Å². The van der Waals surface area contributed by atoms with Crippen molar-refractivity contribution in [1.82, 2.24) is 5.32 Å². The quantitative estimate of drug-likeness (QED) is 0.439. The Bertz CT molecular complexity index is 932. The molecule has 0 aliphatic heterocycles. The molecule has 0 aromatic heterocycles. The molecule has 0 aliphatic rings. The van der Waals surface area contributed by atoms with E-state index in [0.29, 0.717) is 27.8 Å². The number of allylic oxidation sites excluding steroid dienone is 2. The predicted molar refractivity (Wildman–Crippen MR) is 110 cm³/mol. The van der Waals surface area contributed by atoms with Crippen LogP contribution in [0.4, 0.5) is 13.2 Å². The first kappa shape index (κ1) is 23.0. The van der Waals surface area contributed by atoms with E-state index >= 15 is 0 Å². The van der Waals surface area contributed by atoms with Gasteiger partial charge in [-0.15, -0.1) is 19.8 Å². The number of hydrogen-bond acceptors (Lipinski definition) is 3. The Morgan fingerprint density at radius 1 is 1.13 bits per heavy atom. The normalized spacial score (nSPS) is 11.3. The zero-order valence-electron chi connectivity index (χ0n) is 16.2. The van der Waals surface area contributed by atoms with Gasteiger partial charge in [0.25, 0.3) is 0 Å². The molecule has 0 bridgehead atoms. The summed E-state index contributed by atoms with van der Waals surface area (Å²) in [5.74, 6) is -0.530. The molecule has 4 nitrogen and oxygen atoms in total. The molecule has 0 radical (unpaired) electrons. The fraction of sp³-hybridized carbons (Fsp3) is 0.174. The van der Waals surface area contributed by atoms with Crippen LogP contribution in [0, 0.1) is 0 Å². The fourth-order valence-corrected chi connectivity index (χ4v) is 2.84. The van der Waals surface area contributed by atoms with Crippen LogP contribution in [-0.4, -0.2) is 17.4 Å². The summed E-state index contributed by atoms with van der Waals surface area (Å²) in [6.07, 6.45) is 1.95. The van der Waals surface area contributed by atoms with Gasteiger partial charge in [0.2, 0.25) is 5.91 Å². The Balaban J connectivity index is 2.44. The third-order valence-electron chi connectivity index (χ3n) is 4.17. The molecule has 1 amide bonds. The smallest absolute Gasteiger partial charge is 0.406 e. The number of halogens is 3. The third kappa shape index (κ3) is 6.63. The number of carbonyl (C=O) groups excluding carboxylic acids is 1. The first-order chi connectivity index (χ1) is 14.3. The second-order valence-corrected chi connectivity index (χ2v) is 6.30. The fourth-order valence-electron chi connectivity index (χ4n) is 2.84. The van der Waals surface area contributed by atoms with Crippen molar-refractivity contribution >= 4 is 12.0 Å². The van der Waals surface area contributed by atoms with Crippen LogP contribution in [0.1, 0.15) is 23.1 Å². The highest BCUT2D eigenvalue weighted by Crippen LogP contribution is 2.30. The molecule has 0 atom stereocenters. The minimum absolute atomic E-state index is 0.165. The second kappa shape index (κ2) is 10.5. The molecule has 2 rings (SSSR count). The van der Waals surface area contributed by atoms with Gasteiger partial charge in [-0.1, -0.05) is 43.0 Å². The number of amides is 1. The van der Waals surface area contributed by atoms with Gasteiger partial charge in [-0.3, -0.25) is 4.79 Å². The lowest BCUT2D eigenvalue weighted by atomic mass is 9.94. The molecule has 158 valence electrons. The van der Waals surface area contributed by atoms with Crippen LogP contribution in [0.3, 0.4) is 0 Å². The molecule has 0 saturated heterocycles. The SMILES string of the molecule is C=C/C=C\c1cc(-c2ccc(OC(F)(F)F)cc2)cc(CNC(=O)CC=C)c1CO. The Hall–Kier alpha value is -3.32. The first-order valence-electron chi connectivity index (χ1n) is 9.07. The Labute approximate surface area is 173 Å². The van der Waals surface area contributed by atoms with Crippen LogP contribution in [0.15, 0.2) is 67.8 Å². The van der Waals surface area contributed by atoms with Gasteiger partial charge in [-0.2, -0.15) is 0 Å². The van der Waals surface area contributed by atoms with E-state index in [0.717, 1.165) is 0 Å². The van der Waals surface area contributed by atoms with Crippen molar-refractivity contribution in [2.75, 3.05) is 0 Å². The summed E-state index contributed by atoms with van der Waals surface area (Å²) in [4.78, 5) is 11.8. The summed E-state index contributed by atoms with van der Waals surface area (Å²) < 4.78 is 41.0. The molecule has 0 heterocycles. The molecular weight excluding hydrogens is 395 g/mol. The molecule has 2 aromatic carbocycles. The molecule has 0 saturated carbocycles. The van der Waals surface area contributed by atoms with Gasteiger partial charge in [-0.05, 0) is 52.1 Å². The Morgan fingerprint density at radius 3 is 2.40 bits per heavy atom. The molecule has 2 aromatic rings.